The van der Waals surface area contributed by atoms with Crippen LogP contribution < -0.4 is 5.73 Å². The third-order valence-electron chi connectivity index (χ3n) is 3.18. The van der Waals surface area contributed by atoms with Crippen molar-refractivity contribution in [3.8, 4) is 11.3 Å². The molecule has 0 saturated heterocycles. The number of anilines is 1. The molecule has 0 amide bonds. The van der Waals surface area contributed by atoms with E-state index in [1.165, 1.54) is 12.1 Å². The summed E-state index contributed by atoms with van der Waals surface area (Å²) < 4.78 is 15.0. The van der Waals surface area contributed by atoms with E-state index in [0.717, 1.165) is 22.5 Å². The molecule has 3 aromatic rings. The van der Waals surface area contributed by atoms with Gasteiger partial charge in [0.05, 0.1) is 18.2 Å². The van der Waals surface area contributed by atoms with E-state index < -0.39 is 0 Å². The van der Waals surface area contributed by atoms with Crippen molar-refractivity contribution in [2.75, 3.05) is 5.73 Å². The van der Waals surface area contributed by atoms with E-state index in [4.69, 9.17) is 5.73 Å². The van der Waals surface area contributed by atoms with Gasteiger partial charge in [-0.25, -0.2) is 9.37 Å². The van der Waals surface area contributed by atoms with E-state index in [1.54, 1.807) is 24.7 Å². The van der Waals surface area contributed by atoms with Gasteiger partial charge in [-0.05, 0) is 47.5 Å². The Labute approximate surface area is 116 Å². The highest BCUT2D eigenvalue weighted by Gasteiger charge is 2.06. The molecule has 0 fully saturated rings. The second-order valence-corrected chi connectivity index (χ2v) is 4.66. The lowest BCUT2D eigenvalue weighted by molar-refractivity contribution is 0.628. The summed E-state index contributed by atoms with van der Waals surface area (Å²) in [7, 11) is 0. The fourth-order valence-corrected chi connectivity index (χ4v) is 2.13. The summed E-state index contributed by atoms with van der Waals surface area (Å²) in [6.45, 7) is 0.701. The largest absolute Gasteiger partial charge is 0.399 e. The number of nitrogens with zero attached hydrogens (tertiary/aromatic N) is 2. The van der Waals surface area contributed by atoms with Crippen LogP contribution in [0.1, 0.15) is 5.56 Å². The van der Waals surface area contributed by atoms with Crippen LogP contribution in [0.3, 0.4) is 0 Å². The zero-order valence-electron chi connectivity index (χ0n) is 10.8. The first-order valence-corrected chi connectivity index (χ1v) is 6.33. The molecule has 0 saturated carbocycles. The van der Waals surface area contributed by atoms with Crippen molar-refractivity contribution < 1.29 is 4.39 Å². The van der Waals surface area contributed by atoms with Gasteiger partial charge in [0.25, 0.3) is 0 Å². The van der Waals surface area contributed by atoms with E-state index in [1.807, 2.05) is 28.8 Å². The minimum atomic E-state index is -0.238. The molecule has 0 aliphatic carbocycles. The summed E-state index contributed by atoms with van der Waals surface area (Å²) in [6, 6.07) is 14.2. The van der Waals surface area contributed by atoms with Crippen LogP contribution in [0.2, 0.25) is 0 Å². The second-order valence-electron chi connectivity index (χ2n) is 4.66. The van der Waals surface area contributed by atoms with Crippen molar-refractivity contribution in [2.45, 2.75) is 6.54 Å². The molecular formula is C16H14FN3. The maximum Gasteiger partial charge on any atom is 0.123 e. The Morgan fingerprint density at radius 3 is 2.40 bits per heavy atom. The van der Waals surface area contributed by atoms with Crippen molar-refractivity contribution in [3.05, 3.63) is 72.4 Å². The lowest BCUT2D eigenvalue weighted by Gasteiger charge is -2.08. The third kappa shape index (κ3) is 2.54. The van der Waals surface area contributed by atoms with E-state index in [0.29, 0.717) is 6.54 Å². The highest BCUT2D eigenvalue weighted by molar-refractivity contribution is 5.58. The Hall–Kier alpha value is -2.62. The zero-order valence-corrected chi connectivity index (χ0v) is 10.8. The van der Waals surface area contributed by atoms with Crippen LogP contribution in [0.4, 0.5) is 10.1 Å². The lowest BCUT2D eigenvalue weighted by atomic mass is 10.1. The topological polar surface area (TPSA) is 43.8 Å². The van der Waals surface area contributed by atoms with Gasteiger partial charge in [0.1, 0.15) is 5.82 Å². The van der Waals surface area contributed by atoms with Crippen LogP contribution in [0, 0.1) is 5.82 Å². The molecule has 0 spiro atoms. The predicted molar refractivity (Wildman–Crippen MR) is 77.6 cm³/mol. The third-order valence-corrected chi connectivity index (χ3v) is 3.18. The van der Waals surface area contributed by atoms with Gasteiger partial charge < -0.3 is 10.3 Å². The average Bonchev–Trinajstić information content (AvgIpc) is 2.90. The minimum absolute atomic E-state index is 0.238. The van der Waals surface area contributed by atoms with E-state index in [-0.39, 0.29) is 5.82 Å². The first-order valence-electron chi connectivity index (χ1n) is 6.33. The quantitative estimate of drug-likeness (QED) is 0.740. The molecule has 0 aliphatic heterocycles. The Bertz CT molecular complexity index is 699. The van der Waals surface area contributed by atoms with Gasteiger partial charge in [0.2, 0.25) is 0 Å². The van der Waals surface area contributed by atoms with E-state index >= 15 is 0 Å². The normalized spacial score (nSPS) is 10.7. The average molecular weight is 267 g/mol. The molecule has 20 heavy (non-hydrogen) atoms. The molecule has 0 aliphatic rings. The Morgan fingerprint density at radius 1 is 1.00 bits per heavy atom. The lowest BCUT2D eigenvalue weighted by Crippen LogP contribution is -2.00. The van der Waals surface area contributed by atoms with Crippen molar-refractivity contribution >= 4 is 5.69 Å². The van der Waals surface area contributed by atoms with Gasteiger partial charge in [-0.1, -0.05) is 12.1 Å². The molecule has 0 atom stereocenters. The number of aromatic nitrogens is 2. The molecule has 0 radical (unpaired) electrons. The molecule has 2 aromatic carbocycles. The van der Waals surface area contributed by atoms with Gasteiger partial charge in [0.15, 0.2) is 0 Å². The fourth-order valence-electron chi connectivity index (χ4n) is 2.13. The Kier molecular flexibility index (Phi) is 3.21. The molecule has 4 heteroatoms. The minimum Gasteiger partial charge on any atom is -0.399 e. The van der Waals surface area contributed by atoms with Gasteiger partial charge in [-0.3, -0.25) is 0 Å². The van der Waals surface area contributed by atoms with Gasteiger partial charge in [0, 0.05) is 12.2 Å². The standard InChI is InChI=1S/C16H14FN3/c17-14-5-3-13(4-6-14)16-9-19-11-20(16)10-12-1-7-15(18)8-2-12/h1-9,11H,10,18H2. The molecule has 1 aromatic heterocycles. The summed E-state index contributed by atoms with van der Waals surface area (Å²) in [5.41, 5.74) is 9.47. The molecule has 0 unspecified atom stereocenters. The first kappa shape index (κ1) is 12.4. The summed E-state index contributed by atoms with van der Waals surface area (Å²) in [6.07, 6.45) is 3.56. The summed E-state index contributed by atoms with van der Waals surface area (Å²) in [5.74, 6) is -0.238. The fraction of sp³-hybridized carbons (Fsp3) is 0.0625. The summed E-state index contributed by atoms with van der Waals surface area (Å²) >= 11 is 0. The molecular weight excluding hydrogens is 253 g/mol. The van der Waals surface area contributed by atoms with Crippen molar-refractivity contribution in [1.82, 2.24) is 9.55 Å². The number of halogens is 1. The van der Waals surface area contributed by atoms with Crippen LogP contribution in [-0.4, -0.2) is 9.55 Å². The molecule has 1 heterocycles. The molecule has 100 valence electrons. The number of nitrogen functional groups attached to an aromatic ring is 1. The molecule has 3 rings (SSSR count). The van der Waals surface area contributed by atoms with E-state index in [9.17, 15) is 4.39 Å². The number of nitrogens with two attached hydrogens (primary N) is 1. The van der Waals surface area contributed by atoms with Crippen LogP contribution in [0.5, 0.6) is 0 Å². The van der Waals surface area contributed by atoms with Gasteiger partial charge >= 0.3 is 0 Å². The highest BCUT2D eigenvalue weighted by Crippen LogP contribution is 2.20. The predicted octanol–water partition coefficient (Wildman–Crippen LogP) is 3.32. The first-order chi connectivity index (χ1) is 9.72. The van der Waals surface area contributed by atoms with Crippen LogP contribution in [0.25, 0.3) is 11.3 Å². The maximum atomic E-state index is 13.0. The summed E-state index contributed by atoms with van der Waals surface area (Å²) in [4.78, 5) is 4.18. The maximum absolute atomic E-state index is 13.0. The second kappa shape index (κ2) is 5.17. The highest BCUT2D eigenvalue weighted by atomic mass is 19.1. The van der Waals surface area contributed by atoms with Gasteiger partial charge in [-0.15, -0.1) is 0 Å². The van der Waals surface area contributed by atoms with Crippen molar-refractivity contribution in [3.63, 3.8) is 0 Å². The Balaban J connectivity index is 1.90. The number of hydrogen-bond acceptors (Lipinski definition) is 2. The number of benzene rings is 2. The van der Waals surface area contributed by atoms with E-state index in [2.05, 4.69) is 4.98 Å². The van der Waals surface area contributed by atoms with Crippen molar-refractivity contribution in [2.24, 2.45) is 0 Å². The van der Waals surface area contributed by atoms with Crippen LogP contribution >= 0.6 is 0 Å². The molecule has 3 nitrogen and oxygen atoms in total. The number of imidazole rings is 1. The Morgan fingerprint density at radius 2 is 1.70 bits per heavy atom. The summed E-state index contributed by atoms with van der Waals surface area (Å²) in [5, 5.41) is 0. The smallest absolute Gasteiger partial charge is 0.123 e. The zero-order chi connectivity index (χ0) is 13.9. The molecule has 0 bridgehead atoms. The van der Waals surface area contributed by atoms with Gasteiger partial charge in [-0.2, -0.15) is 0 Å². The van der Waals surface area contributed by atoms with Crippen LogP contribution in [-0.2, 0) is 6.54 Å². The monoisotopic (exact) mass is 267 g/mol. The van der Waals surface area contributed by atoms with Crippen molar-refractivity contribution in [1.29, 1.82) is 0 Å². The van der Waals surface area contributed by atoms with Crippen LogP contribution in [0.15, 0.2) is 61.1 Å². The number of hydrogen-bond donors (Lipinski definition) is 1. The molecule has 2 N–H and O–H groups in total. The number of rotatable bonds is 3. The SMILES string of the molecule is Nc1ccc(Cn2cncc2-c2ccc(F)cc2)cc1.